The third kappa shape index (κ3) is 6.11. The molecule has 4 aromatic carbocycles. The van der Waals surface area contributed by atoms with Gasteiger partial charge in [0.2, 0.25) is 10.0 Å². The molecule has 0 unspecified atom stereocenters. The summed E-state index contributed by atoms with van der Waals surface area (Å²) in [5.41, 5.74) is 3.23. The smallest absolute Gasteiger partial charge is 0.243 e. The first kappa shape index (κ1) is 26.8. The zero-order valence-electron chi connectivity index (χ0n) is 21.3. The van der Waals surface area contributed by atoms with E-state index in [4.69, 9.17) is 0 Å². The molecule has 198 valence electrons. The highest BCUT2D eigenvalue weighted by atomic mass is 32.2. The molecule has 0 saturated heterocycles. The lowest BCUT2D eigenvalue weighted by Gasteiger charge is -2.23. The van der Waals surface area contributed by atoms with Crippen LogP contribution in [0.1, 0.15) is 18.1 Å². The molecule has 0 aliphatic heterocycles. The largest absolute Gasteiger partial charge is 0.270 e. The van der Waals surface area contributed by atoms with Crippen LogP contribution in [0.2, 0.25) is 0 Å². The predicted octanol–water partition coefficient (Wildman–Crippen LogP) is 6.58. The van der Waals surface area contributed by atoms with Crippen LogP contribution in [-0.2, 0) is 23.1 Å². The maximum atomic E-state index is 13.9. The van der Waals surface area contributed by atoms with Crippen LogP contribution in [0.3, 0.4) is 0 Å². The van der Waals surface area contributed by atoms with Crippen molar-refractivity contribution in [1.82, 2.24) is 19.1 Å². The third-order valence-electron chi connectivity index (χ3n) is 6.15. The van der Waals surface area contributed by atoms with E-state index in [-0.39, 0.29) is 23.8 Å². The normalized spacial score (nSPS) is 11.7. The Labute approximate surface area is 232 Å². The van der Waals surface area contributed by atoms with Crippen LogP contribution in [0.25, 0.3) is 17.1 Å². The molecule has 6 nitrogen and oxygen atoms in total. The molecule has 0 amide bonds. The summed E-state index contributed by atoms with van der Waals surface area (Å²) in [4.78, 5) is 0.189. The maximum Gasteiger partial charge on any atom is 0.243 e. The summed E-state index contributed by atoms with van der Waals surface area (Å²) in [5, 5.41) is 9.38. The fourth-order valence-electron chi connectivity index (χ4n) is 4.23. The Hall–Kier alpha value is -3.79. The average molecular weight is 559 g/mol. The maximum absolute atomic E-state index is 13.9. The zero-order chi connectivity index (χ0) is 27.2. The van der Waals surface area contributed by atoms with E-state index in [2.05, 4.69) is 10.2 Å². The van der Waals surface area contributed by atoms with Gasteiger partial charge < -0.3 is 0 Å². The van der Waals surface area contributed by atoms with E-state index < -0.39 is 10.0 Å². The average Bonchev–Trinajstić information content (AvgIpc) is 3.38. The fraction of sp³-hybridized carbons (Fsp3) is 0.133. The quantitative estimate of drug-likeness (QED) is 0.181. The minimum absolute atomic E-state index is 0.189. The van der Waals surface area contributed by atoms with Gasteiger partial charge in [0, 0.05) is 24.3 Å². The molecule has 0 radical (unpaired) electrons. The monoisotopic (exact) mass is 558 g/mol. The first-order chi connectivity index (χ1) is 19.0. The number of nitrogens with zero attached hydrogens (tertiary/aromatic N) is 4. The highest BCUT2D eigenvalue weighted by Crippen LogP contribution is 2.30. The standard InChI is InChI=1S/C30H27FN4O2S2/c1-2-38-30-33-32-29(35(30)27-17-15-26(31)16-18-27)25-13-19-28(20-14-25)39(36,37)34(21-23-9-5-3-6-10-23)22-24-11-7-4-8-12-24/h3-20H,2,21-22H2,1H3. The van der Waals surface area contributed by atoms with Crippen molar-refractivity contribution in [2.45, 2.75) is 30.1 Å². The van der Waals surface area contributed by atoms with Gasteiger partial charge in [-0.2, -0.15) is 4.31 Å². The molecule has 0 atom stereocenters. The van der Waals surface area contributed by atoms with Crippen molar-refractivity contribution in [1.29, 1.82) is 0 Å². The van der Waals surface area contributed by atoms with Crippen molar-refractivity contribution in [2.75, 3.05) is 5.75 Å². The van der Waals surface area contributed by atoms with Gasteiger partial charge in [-0.25, -0.2) is 12.8 Å². The van der Waals surface area contributed by atoms with E-state index in [0.717, 1.165) is 22.6 Å². The number of benzene rings is 4. The van der Waals surface area contributed by atoms with Crippen LogP contribution in [-0.4, -0.2) is 33.2 Å². The summed E-state index contributed by atoms with van der Waals surface area (Å²) >= 11 is 1.52. The first-order valence-electron chi connectivity index (χ1n) is 12.5. The molecule has 1 heterocycles. The summed E-state index contributed by atoms with van der Waals surface area (Å²) < 4.78 is 44.6. The van der Waals surface area contributed by atoms with Gasteiger partial charge in [-0.15, -0.1) is 10.2 Å². The van der Waals surface area contributed by atoms with Crippen molar-refractivity contribution < 1.29 is 12.8 Å². The van der Waals surface area contributed by atoms with E-state index in [0.29, 0.717) is 16.5 Å². The molecule has 0 aliphatic rings. The second-order valence-electron chi connectivity index (χ2n) is 8.82. The number of aromatic nitrogens is 3. The van der Waals surface area contributed by atoms with Crippen LogP contribution in [0.15, 0.2) is 119 Å². The third-order valence-corrected chi connectivity index (χ3v) is 8.76. The Morgan fingerprint density at radius 2 is 1.33 bits per heavy atom. The Balaban J connectivity index is 1.49. The zero-order valence-corrected chi connectivity index (χ0v) is 22.9. The molecular weight excluding hydrogens is 531 g/mol. The Morgan fingerprint density at radius 1 is 0.769 bits per heavy atom. The van der Waals surface area contributed by atoms with Gasteiger partial charge in [-0.3, -0.25) is 4.57 Å². The lowest BCUT2D eigenvalue weighted by molar-refractivity contribution is 0.401. The van der Waals surface area contributed by atoms with Gasteiger partial charge in [0.25, 0.3) is 0 Å². The molecular formula is C30H27FN4O2S2. The van der Waals surface area contributed by atoms with Gasteiger partial charge >= 0.3 is 0 Å². The minimum Gasteiger partial charge on any atom is -0.270 e. The number of rotatable bonds is 10. The molecule has 1 aromatic heterocycles. The molecule has 39 heavy (non-hydrogen) atoms. The molecule has 0 N–H and O–H groups in total. The topological polar surface area (TPSA) is 68.1 Å². The Kier molecular flexibility index (Phi) is 8.21. The number of hydrogen-bond acceptors (Lipinski definition) is 5. The fourth-order valence-corrected chi connectivity index (χ4v) is 6.32. The predicted molar refractivity (Wildman–Crippen MR) is 152 cm³/mol. The summed E-state index contributed by atoms with van der Waals surface area (Å²) in [7, 11) is -3.82. The van der Waals surface area contributed by atoms with Crippen LogP contribution in [0.5, 0.6) is 0 Å². The molecule has 0 saturated carbocycles. The van der Waals surface area contributed by atoms with E-state index in [1.165, 1.54) is 28.2 Å². The molecule has 0 aliphatic carbocycles. The number of thioether (sulfide) groups is 1. The lowest BCUT2D eigenvalue weighted by atomic mass is 10.2. The van der Waals surface area contributed by atoms with E-state index in [9.17, 15) is 12.8 Å². The second-order valence-corrected chi connectivity index (χ2v) is 12.0. The minimum atomic E-state index is -3.82. The summed E-state index contributed by atoms with van der Waals surface area (Å²) in [6, 6.07) is 31.9. The SMILES string of the molecule is CCSc1nnc(-c2ccc(S(=O)(=O)N(Cc3ccccc3)Cc3ccccc3)cc2)n1-c1ccc(F)cc1. The molecule has 0 bridgehead atoms. The number of halogens is 1. The first-order valence-corrected chi connectivity index (χ1v) is 14.9. The van der Waals surface area contributed by atoms with Gasteiger partial charge in [0.05, 0.1) is 4.90 Å². The van der Waals surface area contributed by atoms with Gasteiger partial charge in [0.1, 0.15) is 5.82 Å². The van der Waals surface area contributed by atoms with Gasteiger partial charge in [-0.1, -0.05) is 79.3 Å². The van der Waals surface area contributed by atoms with Crippen molar-refractivity contribution in [3.63, 3.8) is 0 Å². The molecule has 9 heteroatoms. The van der Waals surface area contributed by atoms with Crippen molar-refractivity contribution in [2.24, 2.45) is 0 Å². The van der Waals surface area contributed by atoms with E-state index >= 15 is 0 Å². The van der Waals surface area contributed by atoms with Gasteiger partial charge in [-0.05, 0) is 65.4 Å². The van der Waals surface area contributed by atoms with Crippen molar-refractivity contribution in [3.05, 3.63) is 126 Å². The summed E-state index contributed by atoms with van der Waals surface area (Å²) in [5.74, 6) is 1.00. The van der Waals surface area contributed by atoms with Crippen LogP contribution >= 0.6 is 11.8 Å². The highest BCUT2D eigenvalue weighted by molar-refractivity contribution is 7.99. The van der Waals surface area contributed by atoms with Gasteiger partial charge in [0.15, 0.2) is 11.0 Å². The summed E-state index contributed by atoms with van der Waals surface area (Å²) in [6.07, 6.45) is 0. The lowest BCUT2D eigenvalue weighted by Crippen LogP contribution is -2.30. The number of hydrogen-bond donors (Lipinski definition) is 0. The number of sulfonamides is 1. The Bertz CT molecular complexity index is 1580. The van der Waals surface area contributed by atoms with Crippen LogP contribution in [0.4, 0.5) is 4.39 Å². The van der Waals surface area contributed by atoms with Crippen LogP contribution < -0.4 is 0 Å². The molecule has 5 rings (SSSR count). The molecule has 5 aromatic rings. The molecule has 0 spiro atoms. The Morgan fingerprint density at radius 3 is 1.87 bits per heavy atom. The van der Waals surface area contributed by atoms with E-state index in [1.807, 2.05) is 72.2 Å². The van der Waals surface area contributed by atoms with E-state index in [1.54, 1.807) is 36.4 Å². The summed E-state index contributed by atoms with van der Waals surface area (Å²) in [6.45, 7) is 2.51. The van der Waals surface area contributed by atoms with Crippen LogP contribution in [0, 0.1) is 5.82 Å². The van der Waals surface area contributed by atoms with Crippen molar-refractivity contribution in [3.8, 4) is 17.1 Å². The van der Waals surface area contributed by atoms with Crippen molar-refractivity contribution >= 4 is 21.8 Å². The second kappa shape index (κ2) is 11.9. The highest BCUT2D eigenvalue weighted by Gasteiger charge is 2.26. The molecule has 0 fully saturated rings.